The van der Waals surface area contributed by atoms with E-state index < -0.39 is 23.4 Å². The molecular formula is C25H24N4O3. The third kappa shape index (κ3) is 4.23. The van der Waals surface area contributed by atoms with Gasteiger partial charge in [0.15, 0.2) is 0 Å². The summed E-state index contributed by atoms with van der Waals surface area (Å²) in [5.41, 5.74) is 2.40. The van der Waals surface area contributed by atoms with Crippen LogP contribution in [-0.4, -0.2) is 34.3 Å². The molecule has 4 amide bonds. The number of nitrogens with one attached hydrogen (secondary N) is 2. The number of anilines is 1. The average molecular weight is 428 g/mol. The summed E-state index contributed by atoms with van der Waals surface area (Å²) in [6.45, 7) is 1.49. The summed E-state index contributed by atoms with van der Waals surface area (Å²) in [5.74, 6) is -0.852. The van der Waals surface area contributed by atoms with Gasteiger partial charge in [0.25, 0.3) is 5.91 Å². The standard InChI is InChI=1S/C25H24N4O3/c1-2-25(20-6-4-3-5-7-20)23(31)29(24(32)28-25)17-22(30)27-21-10-8-18(9-11-21)16-19-12-14-26-15-13-19/h3-15H,2,16-17H2,1H3,(H,27,30)(H,28,32). The Balaban J connectivity index is 1.40. The summed E-state index contributed by atoms with van der Waals surface area (Å²) in [7, 11) is 0. The number of benzene rings is 2. The van der Waals surface area contributed by atoms with Crippen molar-refractivity contribution in [2.45, 2.75) is 25.3 Å². The summed E-state index contributed by atoms with van der Waals surface area (Å²) < 4.78 is 0. The van der Waals surface area contributed by atoms with Crippen molar-refractivity contribution in [2.24, 2.45) is 0 Å². The number of carbonyl (C=O) groups excluding carboxylic acids is 3. The lowest BCUT2D eigenvalue weighted by Crippen LogP contribution is -2.44. The van der Waals surface area contributed by atoms with Gasteiger partial charge in [-0.1, -0.05) is 49.4 Å². The van der Waals surface area contributed by atoms with Crippen LogP contribution in [-0.2, 0) is 21.5 Å². The first-order chi connectivity index (χ1) is 15.5. The Morgan fingerprint density at radius 1 is 0.969 bits per heavy atom. The number of hydrogen-bond donors (Lipinski definition) is 2. The van der Waals surface area contributed by atoms with Crippen molar-refractivity contribution in [1.29, 1.82) is 0 Å². The molecule has 1 aliphatic heterocycles. The predicted octanol–water partition coefficient (Wildman–Crippen LogP) is 3.47. The van der Waals surface area contributed by atoms with Gasteiger partial charge in [0.1, 0.15) is 12.1 Å². The van der Waals surface area contributed by atoms with Crippen LogP contribution < -0.4 is 10.6 Å². The van der Waals surface area contributed by atoms with E-state index in [1.54, 1.807) is 36.7 Å². The van der Waals surface area contributed by atoms with Crippen LogP contribution in [0.5, 0.6) is 0 Å². The summed E-state index contributed by atoms with van der Waals surface area (Å²) in [6, 6.07) is 19.9. The van der Waals surface area contributed by atoms with Crippen molar-refractivity contribution < 1.29 is 14.4 Å². The summed E-state index contributed by atoms with van der Waals surface area (Å²) in [4.78, 5) is 43.3. The first-order valence-electron chi connectivity index (χ1n) is 10.5. The smallest absolute Gasteiger partial charge is 0.325 e. The second-order valence-electron chi connectivity index (χ2n) is 7.72. The average Bonchev–Trinajstić information content (AvgIpc) is 3.07. The molecule has 0 spiro atoms. The highest BCUT2D eigenvalue weighted by Gasteiger charge is 2.51. The molecule has 2 N–H and O–H groups in total. The molecule has 4 rings (SSSR count). The van der Waals surface area contributed by atoms with Crippen LogP contribution in [0.4, 0.5) is 10.5 Å². The van der Waals surface area contributed by atoms with Crippen molar-refractivity contribution in [2.75, 3.05) is 11.9 Å². The second-order valence-corrected chi connectivity index (χ2v) is 7.72. The first-order valence-corrected chi connectivity index (χ1v) is 10.5. The van der Waals surface area contributed by atoms with Gasteiger partial charge >= 0.3 is 6.03 Å². The van der Waals surface area contributed by atoms with E-state index in [2.05, 4.69) is 15.6 Å². The topological polar surface area (TPSA) is 91.4 Å². The van der Waals surface area contributed by atoms with E-state index in [0.717, 1.165) is 22.4 Å². The fourth-order valence-electron chi connectivity index (χ4n) is 3.92. The van der Waals surface area contributed by atoms with Crippen molar-refractivity contribution >= 4 is 23.5 Å². The molecule has 0 aliphatic carbocycles. The van der Waals surface area contributed by atoms with Crippen LogP contribution in [0, 0.1) is 0 Å². The van der Waals surface area contributed by atoms with Gasteiger partial charge in [0.2, 0.25) is 5.91 Å². The number of urea groups is 1. The van der Waals surface area contributed by atoms with Gasteiger partial charge in [-0.2, -0.15) is 0 Å². The van der Waals surface area contributed by atoms with Gasteiger partial charge in [-0.05, 0) is 53.8 Å². The number of aromatic nitrogens is 1. The fourth-order valence-corrected chi connectivity index (χ4v) is 3.92. The van der Waals surface area contributed by atoms with E-state index in [9.17, 15) is 14.4 Å². The van der Waals surface area contributed by atoms with Gasteiger partial charge < -0.3 is 10.6 Å². The lowest BCUT2D eigenvalue weighted by Gasteiger charge is -2.25. The molecule has 1 aromatic heterocycles. The number of carbonyl (C=O) groups is 3. The molecule has 1 saturated heterocycles. The molecule has 0 saturated carbocycles. The summed E-state index contributed by atoms with van der Waals surface area (Å²) in [5, 5.41) is 5.55. The maximum atomic E-state index is 13.1. The highest BCUT2D eigenvalue weighted by Crippen LogP contribution is 2.32. The molecule has 3 aromatic rings. The summed E-state index contributed by atoms with van der Waals surface area (Å²) in [6.07, 6.45) is 4.66. The summed E-state index contributed by atoms with van der Waals surface area (Å²) >= 11 is 0. The van der Waals surface area contributed by atoms with Crippen molar-refractivity contribution in [3.05, 3.63) is 95.8 Å². The number of amides is 4. The molecule has 1 unspecified atom stereocenters. The normalized spacial score (nSPS) is 17.8. The molecule has 2 heterocycles. The van der Waals surface area contributed by atoms with Gasteiger partial charge in [0, 0.05) is 18.1 Å². The minimum absolute atomic E-state index is 0.349. The minimum atomic E-state index is -1.15. The largest absolute Gasteiger partial charge is 0.325 e. The van der Waals surface area contributed by atoms with E-state index >= 15 is 0 Å². The van der Waals surface area contributed by atoms with Crippen LogP contribution in [0.15, 0.2) is 79.1 Å². The molecule has 0 radical (unpaired) electrons. The van der Waals surface area contributed by atoms with E-state index in [0.29, 0.717) is 17.7 Å². The van der Waals surface area contributed by atoms with E-state index in [1.807, 2.05) is 49.4 Å². The first kappa shape index (κ1) is 21.2. The Hall–Kier alpha value is -4.00. The molecule has 1 fully saturated rings. The maximum Gasteiger partial charge on any atom is 0.325 e. The third-order valence-electron chi connectivity index (χ3n) is 5.67. The Labute approximate surface area is 186 Å². The molecular weight excluding hydrogens is 404 g/mol. The number of rotatable bonds is 7. The molecule has 2 aromatic carbocycles. The molecule has 32 heavy (non-hydrogen) atoms. The SMILES string of the molecule is CCC1(c2ccccc2)NC(=O)N(CC(=O)Nc2ccc(Cc3ccncc3)cc2)C1=O. The minimum Gasteiger partial charge on any atom is -0.325 e. The van der Waals surface area contributed by atoms with Crippen LogP contribution >= 0.6 is 0 Å². The Morgan fingerprint density at radius 2 is 1.62 bits per heavy atom. The van der Waals surface area contributed by atoms with Gasteiger partial charge in [-0.25, -0.2) is 4.79 Å². The monoisotopic (exact) mass is 428 g/mol. The lowest BCUT2D eigenvalue weighted by atomic mass is 9.87. The molecule has 0 bridgehead atoms. The van der Waals surface area contributed by atoms with Crippen LogP contribution in [0.25, 0.3) is 0 Å². The third-order valence-corrected chi connectivity index (χ3v) is 5.67. The van der Waals surface area contributed by atoms with Crippen LogP contribution in [0.2, 0.25) is 0 Å². The predicted molar refractivity (Wildman–Crippen MR) is 121 cm³/mol. The van der Waals surface area contributed by atoms with E-state index in [-0.39, 0.29) is 6.54 Å². The highest BCUT2D eigenvalue weighted by atomic mass is 16.2. The quantitative estimate of drug-likeness (QED) is 0.564. The fraction of sp³-hybridized carbons (Fsp3) is 0.200. The number of nitrogens with zero attached hydrogens (tertiary/aromatic N) is 2. The van der Waals surface area contributed by atoms with Gasteiger partial charge in [-0.15, -0.1) is 0 Å². The van der Waals surface area contributed by atoms with Crippen molar-refractivity contribution in [3.8, 4) is 0 Å². The zero-order chi connectivity index (χ0) is 22.6. The number of hydrogen-bond acceptors (Lipinski definition) is 4. The van der Waals surface area contributed by atoms with Crippen molar-refractivity contribution in [1.82, 2.24) is 15.2 Å². The van der Waals surface area contributed by atoms with E-state index in [4.69, 9.17) is 0 Å². The second kappa shape index (κ2) is 9.01. The molecule has 1 atom stereocenters. The van der Waals surface area contributed by atoms with Crippen LogP contribution in [0.3, 0.4) is 0 Å². The zero-order valence-electron chi connectivity index (χ0n) is 17.7. The van der Waals surface area contributed by atoms with Gasteiger partial charge in [-0.3, -0.25) is 19.5 Å². The van der Waals surface area contributed by atoms with Crippen LogP contribution in [0.1, 0.15) is 30.0 Å². The maximum absolute atomic E-state index is 13.1. The Bertz CT molecular complexity index is 1120. The Morgan fingerprint density at radius 3 is 2.28 bits per heavy atom. The molecule has 162 valence electrons. The van der Waals surface area contributed by atoms with Gasteiger partial charge in [0.05, 0.1) is 0 Å². The zero-order valence-corrected chi connectivity index (χ0v) is 17.7. The number of imide groups is 1. The number of pyridine rings is 1. The van der Waals surface area contributed by atoms with Crippen molar-refractivity contribution in [3.63, 3.8) is 0 Å². The lowest BCUT2D eigenvalue weighted by molar-refractivity contribution is -0.134. The molecule has 1 aliphatic rings. The molecule has 7 heteroatoms. The molecule has 7 nitrogen and oxygen atoms in total. The highest BCUT2D eigenvalue weighted by molar-refractivity contribution is 6.10. The van der Waals surface area contributed by atoms with E-state index in [1.165, 1.54) is 0 Å². The Kier molecular flexibility index (Phi) is 5.98.